The van der Waals surface area contributed by atoms with E-state index in [1.54, 1.807) is 0 Å². The fourth-order valence-electron chi connectivity index (χ4n) is 2.76. The zero-order valence-corrected chi connectivity index (χ0v) is 13.0. The maximum atomic E-state index is 12.1. The maximum absolute atomic E-state index is 12.1. The summed E-state index contributed by atoms with van der Waals surface area (Å²) in [6, 6.07) is -0.264. The molecule has 0 spiro atoms. The molecule has 2 aliphatic rings. The number of hydrogen-bond donors (Lipinski definition) is 1. The van der Waals surface area contributed by atoms with Gasteiger partial charge in [0.05, 0.1) is 18.7 Å². The van der Waals surface area contributed by atoms with E-state index in [9.17, 15) is 14.7 Å². The Kier molecular flexibility index (Phi) is 5.81. The van der Waals surface area contributed by atoms with E-state index >= 15 is 0 Å². The Morgan fingerprint density at radius 1 is 1.26 bits per heavy atom. The number of amides is 2. The fourth-order valence-corrected chi connectivity index (χ4v) is 2.76. The summed E-state index contributed by atoms with van der Waals surface area (Å²) in [5.41, 5.74) is 0.910. The zero-order chi connectivity index (χ0) is 16.8. The minimum absolute atomic E-state index is 0.122. The quantitative estimate of drug-likeness (QED) is 0.772. The van der Waals surface area contributed by atoms with Crippen LogP contribution < -0.4 is 0 Å². The lowest BCUT2D eigenvalue weighted by atomic mass is 10.1. The molecule has 126 valence electrons. The van der Waals surface area contributed by atoms with Gasteiger partial charge in [-0.25, -0.2) is 9.59 Å². The summed E-state index contributed by atoms with van der Waals surface area (Å²) < 4.78 is 10.1. The normalized spacial score (nSPS) is 23.4. The van der Waals surface area contributed by atoms with Gasteiger partial charge in [-0.3, -0.25) is 4.90 Å². The molecule has 0 aromatic heterocycles. The van der Waals surface area contributed by atoms with E-state index in [4.69, 9.17) is 9.47 Å². The Hall–Kier alpha value is -2.28. The smallest absolute Gasteiger partial charge is 0.410 e. The van der Waals surface area contributed by atoms with Gasteiger partial charge in [0.1, 0.15) is 13.2 Å². The van der Waals surface area contributed by atoms with Crippen LogP contribution in [0.15, 0.2) is 37.0 Å². The molecule has 2 heterocycles. The molecule has 0 aliphatic carbocycles. The van der Waals surface area contributed by atoms with Gasteiger partial charge < -0.3 is 19.5 Å². The Labute approximate surface area is 135 Å². The summed E-state index contributed by atoms with van der Waals surface area (Å²) >= 11 is 0. The van der Waals surface area contributed by atoms with E-state index < -0.39 is 18.3 Å². The van der Waals surface area contributed by atoms with Crippen molar-refractivity contribution in [2.75, 3.05) is 32.8 Å². The van der Waals surface area contributed by atoms with Crippen LogP contribution in [0.5, 0.6) is 0 Å². The molecule has 2 aliphatic heterocycles. The molecule has 1 N–H and O–H groups in total. The van der Waals surface area contributed by atoms with E-state index in [-0.39, 0.29) is 25.8 Å². The summed E-state index contributed by atoms with van der Waals surface area (Å²) in [5, 5.41) is 9.88. The average molecular weight is 322 g/mol. The van der Waals surface area contributed by atoms with Crippen LogP contribution in [0.4, 0.5) is 9.59 Å². The van der Waals surface area contributed by atoms with Crippen LogP contribution in [0.2, 0.25) is 0 Å². The SMILES string of the molecule is C=CCOC(=O)N1CC=C([C@@H]2C[C@@H](O)CN2C(=O)OCC=C)C1. The molecule has 2 atom stereocenters. The van der Waals surface area contributed by atoms with Gasteiger partial charge in [-0.05, 0) is 12.0 Å². The topological polar surface area (TPSA) is 79.3 Å². The van der Waals surface area contributed by atoms with Crippen molar-refractivity contribution in [1.29, 1.82) is 0 Å². The van der Waals surface area contributed by atoms with Gasteiger partial charge >= 0.3 is 12.2 Å². The van der Waals surface area contributed by atoms with Gasteiger partial charge in [-0.1, -0.05) is 31.4 Å². The molecule has 23 heavy (non-hydrogen) atoms. The molecule has 7 nitrogen and oxygen atoms in total. The third-order valence-electron chi connectivity index (χ3n) is 3.80. The second-order valence-electron chi connectivity index (χ2n) is 5.45. The number of aliphatic hydroxyl groups is 1. The third kappa shape index (κ3) is 4.13. The van der Waals surface area contributed by atoms with Crippen molar-refractivity contribution in [3.8, 4) is 0 Å². The lowest BCUT2D eigenvalue weighted by Gasteiger charge is -2.25. The lowest BCUT2D eigenvalue weighted by molar-refractivity contribution is 0.105. The van der Waals surface area contributed by atoms with Crippen molar-refractivity contribution < 1.29 is 24.2 Å². The number of nitrogens with zero attached hydrogens (tertiary/aromatic N) is 2. The van der Waals surface area contributed by atoms with Crippen LogP contribution in [0.3, 0.4) is 0 Å². The summed E-state index contributed by atoms with van der Waals surface area (Å²) in [5.74, 6) is 0. The van der Waals surface area contributed by atoms with Crippen LogP contribution in [0, 0.1) is 0 Å². The Morgan fingerprint density at radius 3 is 2.57 bits per heavy atom. The first kappa shape index (κ1) is 17.1. The van der Waals surface area contributed by atoms with Gasteiger partial charge in [0.15, 0.2) is 0 Å². The first-order valence-corrected chi connectivity index (χ1v) is 7.50. The number of carbonyl (C=O) groups excluding carboxylic acids is 2. The van der Waals surface area contributed by atoms with Crippen molar-refractivity contribution in [1.82, 2.24) is 9.80 Å². The molecular weight excluding hydrogens is 300 g/mol. The van der Waals surface area contributed by atoms with Crippen molar-refractivity contribution in [3.63, 3.8) is 0 Å². The fraction of sp³-hybridized carbons (Fsp3) is 0.500. The molecule has 1 fully saturated rings. The highest BCUT2D eigenvalue weighted by atomic mass is 16.6. The number of aliphatic hydroxyl groups excluding tert-OH is 1. The number of rotatable bonds is 5. The number of likely N-dealkylation sites (tertiary alicyclic amines) is 1. The molecule has 0 saturated carbocycles. The molecule has 1 saturated heterocycles. The average Bonchev–Trinajstić information content (AvgIpc) is 3.16. The third-order valence-corrected chi connectivity index (χ3v) is 3.80. The molecule has 0 aromatic carbocycles. The van der Waals surface area contributed by atoms with Gasteiger partial charge in [0.2, 0.25) is 0 Å². The first-order chi connectivity index (χ1) is 11.1. The number of hydrogen-bond acceptors (Lipinski definition) is 5. The molecule has 0 radical (unpaired) electrons. The summed E-state index contributed by atoms with van der Waals surface area (Å²) in [6.07, 6.45) is 3.82. The zero-order valence-electron chi connectivity index (χ0n) is 13.0. The van der Waals surface area contributed by atoms with E-state index in [1.807, 2.05) is 6.08 Å². The predicted octanol–water partition coefficient (Wildman–Crippen LogP) is 1.31. The predicted molar refractivity (Wildman–Crippen MR) is 83.9 cm³/mol. The van der Waals surface area contributed by atoms with E-state index in [2.05, 4.69) is 13.2 Å². The van der Waals surface area contributed by atoms with E-state index in [0.29, 0.717) is 19.5 Å². The lowest BCUT2D eigenvalue weighted by Crippen LogP contribution is -2.39. The van der Waals surface area contributed by atoms with Crippen LogP contribution in [-0.2, 0) is 9.47 Å². The molecule has 0 aromatic rings. The number of β-amino-alcohol motifs (C(OH)–C–C–N with tert-alkyl or cyclic N) is 1. The Balaban J connectivity index is 1.97. The monoisotopic (exact) mass is 322 g/mol. The van der Waals surface area contributed by atoms with Crippen LogP contribution >= 0.6 is 0 Å². The number of carbonyl (C=O) groups is 2. The van der Waals surface area contributed by atoms with E-state index in [1.165, 1.54) is 22.0 Å². The van der Waals surface area contributed by atoms with Gasteiger partial charge in [-0.2, -0.15) is 0 Å². The Morgan fingerprint density at radius 2 is 1.91 bits per heavy atom. The van der Waals surface area contributed by atoms with Crippen LogP contribution in [0.1, 0.15) is 6.42 Å². The highest BCUT2D eigenvalue weighted by molar-refractivity contribution is 5.71. The molecule has 7 heteroatoms. The molecule has 0 unspecified atom stereocenters. The van der Waals surface area contributed by atoms with Crippen LogP contribution in [0.25, 0.3) is 0 Å². The maximum Gasteiger partial charge on any atom is 0.410 e. The van der Waals surface area contributed by atoms with Gasteiger partial charge in [0, 0.05) is 13.1 Å². The van der Waals surface area contributed by atoms with Crippen molar-refractivity contribution in [2.24, 2.45) is 0 Å². The first-order valence-electron chi connectivity index (χ1n) is 7.50. The molecule has 2 rings (SSSR count). The largest absolute Gasteiger partial charge is 0.445 e. The summed E-state index contributed by atoms with van der Waals surface area (Å²) in [4.78, 5) is 27.0. The van der Waals surface area contributed by atoms with E-state index in [0.717, 1.165) is 5.57 Å². The highest BCUT2D eigenvalue weighted by Gasteiger charge is 2.39. The number of ether oxygens (including phenoxy) is 2. The Bertz CT molecular complexity index is 517. The molecule has 0 bridgehead atoms. The standard InChI is InChI=1S/C16H22N2O5/c1-3-7-22-15(20)17-6-5-12(10-17)14-9-13(19)11-18(14)16(21)23-8-4-2/h3-5,13-14,19H,1-2,6-11H2/t13-,14+/m1/s1. The second kappa shape index (κ2) is 7.82. The van der Waals surface area contributed by atoms with Crippen LogP contribution in [-0.4, -0.2) is 72.1 Å². The molecular formula is C16H22N2O5. The highest BCUT2D eigenvalue weighted by Crippen LogP contribution is 2.28. The van der Waals surface area contributed by atoms with Gasteiger partial charge in [-0.15, -0.1) is 0 Å². The van der Waals surface area contributed by atoms with Crippen molar-refractivity contribution >= 4 is 12.2 Å². The summed E-state index contributed by atoms with van der Waals surface area (Å²) in [7, 11) is 0. The minimum Gasteiger partial charge on any atom is -0.445 e. The molecule has 2 amide bonds. The van der Waals surface area contributed by atoms with Crippen molar-refractivity contribution in [2.45, 2.75) is 18.6 Å². The summed E-state index contributed by atoms with van der Waals surface area (Å²) in [6.45, 7) is 8.30. The second-order valence-corrected chi connectivity index (χ2v) is 5.45. The van der Waals surface area contributed by atoms with Crippen molar-refractivity contribution in [3.05, 3.63) is 37.0 Å². The van der Waals surface area contributed by atoms with Gasteiger partial charge in [0.25, 0.3) is 0 Å². The minimum atomic E-state index is -0.598.